The average molecular weight is 437 g/mol. The van der Waals surface area contributed by atoms with Gasteiger partial charge >= 0.3 is 0 Å². The van der Waals surface area contributed by atoms with Gasteiger partial charge in [0.2, 0.25) is 15.9 Å². The lowest BCUT2D eigenvalue weighted by molar-refractivity contribution is -0.117. The Morgan fingerprint density at radius 3 is 2.06 bits per heavy atom. The van der Waals surface area contributed by atoms with E-state index < -0.39 is 22.0 Å². The number of carbonyl (C=O) groups excluding carboxylic acids is 1. The smallest absolute Gasteiger partial charge is 0.242 e. The lowest BCUT2D eigenvalue weighted by Gasteiger charge is -2.19. The van der Waals surface area contributed by atoms with E-state index in [1.807, 2.05) is 54.6 Å². The molecule has 0 unspecified atom stereocenters. The van der Waals surface area contributed by atoms with Crippen molar-refractivity contribution in [3.8, 4) is 0 Å². The van der Waals surface area contributed by atoms with E-state index in [2.05, 4.69) is 17.0 Å². The fourth-order valence-corrected chi connectivity index (χ4v) is 4.47. The number of hydrogen-bond acceptors (Lipinski definition) is 3. The molecule has 0 saturated carbocycles. The monoisotopic (exact) mass is 436 g/mol. The summed E-state index contributed by atoms with van der Waals surface area (Å²) in [4.78, 5) is 13.2. The minimum absolute atomic E-state index is 0.126. The van der Waals surface area contributed by atoms with E-state index in [0.717, 1.165) is 24.8 Å². The molecule has 1 atom stereocenters. The molecule has 0 aliphatic heterocycles. The van der Waals surface area contributed by atoms with Crippen LogP contribution in [0.1, 0.15) is 30.9 Å². The first-order chi connectivity index (χ1) is 15.0. The van der Waals surface area contributed by atoms with Crippen LogP contribution in [-0.2, 0) is 27.7 Å². The third-order valence-corrected chi connectivity index (χ3v) is 6.48. The maximum absolute atomic E-state index is 13.0. The number of sulfonamides is 1. The van der Waals surface area contributed by atoms with Gasteiger partial charge in [0.05, 0.1) is 4.90 Å². The van der Waals surface area contributed by atoms with E-state index in [1.54, 1.807) is 18.2 Å². The van der Waals surface area contributed by atoms with E-state index in [0.29, 0.717) is 5.69 Å². The number of nitrogens with one attached hydrogen (secondary N) is 2. The summed E-state index contributed by atoms with van der Waals surface area (Å²) < 4.78 is 28.3. The van der Waals surface area contributed by atoms with Gasteiger partial charge in [-0.2, -0.15) is 4.72 Å². The zero-order valence-electron chi connectivity index (χ0n) is 17.6. The van der Waals surface area contributed by atoms with E-state index in [1.165, 1.54) is 17.7 Å². The van der Waals surface area contributed by atoms with Gasteiger partial charge in [0, 0.05) is 5.69 Å². The minimum atomic E-state index is -3.84. The van der Waals surface area contributed by atoms with Crippen molar-refractivity contribution in [2.75, 3.05) is 5.32 Å². The van der Waals surface area contributed by atoms with E-state index in [9.17, 15) is 13.2 Å². The molecule has 0 spiro atoms. The maximum atomic E-state index is 13.0. The molecule has 31 heavy (non-hydrogen) atoms. The fraction of sp³-hybridized carbons (Fsp3) is 0.240. The summed E-state index contributed by atoms with van der Waals surface area (Å²) in [6.07, 6.45) is 3.49. The highest BCUT2D eigenvalue weighted by Gasteiger charge is 2.26. The van der Waals surface area contributed by atoms with Gasteiger partial charge in [-0.3, -0.25) is 4.79 Å². The predicted octanol–water partition coefficient (Wildman–Crippen LogP) is 4.56. The second-order valence-corrected chi connectivity index (χ2v) is 9.18. The van der Waals surface area contributed by atoms with Crippen molar-refractivity contribution < 1.29 is 13.2 Å². The molecule has 0 bridgehead atoms. The van der Waals surface area contributed by atoms with E-state index >= 15 is 0 Å². The Hall–Kier alpha value is -2.96. The molecule has 0 aliphatic carbocycles. The molecule has 3 rings (SSSR count). The third kappa shape index (κ3) is 6.77. The Bertz CT molecular complexity index is 1070. The molecule has 0 saturated heterocycles. The first-order valence-corrected chi connectivity index (χ1v) is 12.0. The van der Waals surface area contributed by atoms with Gasteiger partial charge in [0.15, 0.2) is 0 Å². The summed E-state index contributed by atoms with van der Waals surface area (Å²) in [5.74, 6) is -0.398. The van der Waals surface area contributed by atoms with Crippen molar-refractivity contribution in [2.45, 2.75) is 43.5 Å². The highest BCUT2D eigenvalue weighted by atomic mass is 32.2. The molecular formula is C25H28N2O3S. The number of amides is 1. The van der Waals surface area contributed by atoms with Crippen molar-refractivity contribution in [2.24, 2.45) is 0 Å². The molecule has 0 aromatic heterocycles. The van der Waals surface area contributed by atoms with Crippen LogP contribution >= 0.6 is 0 Å². The second-order valence-electron chi connectivity index (χ2n) is 7.47. The number of aryl methyl sites for hydroxylation is 1. The summed E-state index contributed by atoms with van der Waals surface area (Å²) in [6, 6.07) is 24.2. The molecular weight excluding hydrogens is 408 g/mol. The topological polar surface area (TPSA) is 75.3 Å². The van der Waals surface area contributed by atoms with Gasteiger partial charge in [0.1, 0.15) is 6.04 Å². The number of anilines is 1. The van der Waals surface area contributed by atoms with Gasteiger partial charge < -0.3 is 5.32 Å². The summed E-state index contributed by atoms with van der Waals surface area (Å²) >= 11 is 0. The Balaban J connectivity index is 1.77. The first kappa shape index (κ1) is 22.7. The normalized spacial score (nSPS) is 12.3. The molecule has 0 heterocycles. The average Bonchev–Trinajstić information content (AvgIpc) is 2.79. The van der Waals surface area contributed by atoms with Crippen LogP contribution in [0, 0.1) is 0 Å². The number of hydrogen-bond donors (Lipinski definition) is 2. The Labute approximate surface area is 184 Å². The quantitative estimate of drug-likeness (QED) is 0.489. The Morgan fingerprint density at radius 1 is 0.839 bits per heavy atom. The molecule has 6 heteroatoms. The zero-order chi connectivity index (χ0) is 22.1. The number of benzene rings is 3. The lowest BCUT2D eigenvalue weighted by Crippen LogP contribution is -2.45. The lowest BCUT2D eigenvalue weighted by atomic mass is 10.1. The highest BCUT2D eigenvalue weighted by molar-refractivity contribution is 7.89. The van der Waals surface area contributed by atoms with Gasteiger partial charge in [-0.1, -0.05) is 74.0 Å². The molecule has 5 nitrogen and oxygen atoms in total. The zero-order valence-corrected chi connectivity index (χ0v) is 18.4. The van der Waals surface area contributed by atoms with Crippen LogP contribution in [0.15, 0.2) is 89.8 Å². The van der Waals surface area contributed by atoms with Crippen molar-refractivity contribution in [3.63, 3.8) is 0 Å². The van der Waals surface area contributed by atoms with Crippen molar-refractivity contribution in [1.29, 1.82) is 0 Å². The van der Waals surface area contributed by atoms with Crippen LogP contribution in [0.5, 0.6) is 0 Å². The molecule has 162 valence electrons. The predicted molar refractivity (Wildman–Crippen MR) is 124 cm³/mol. The van der Waals surface area contributed by atoms with Gasteiger partial charge in [-0.25, -0.2) is 8.42 Å². The van der Waals surface area contributed by atoms with Crippen LogP contribution in [0.2, 0.25) is 0 Å². The number of rotatable bonds is 10. The Kier molecular flexibility index (Phi) is 7.98. The van der Waals surface area contributed by atoms with Crippen molar-refractivity contribution >= 4 is 21.6 Å². The summed E-state index contributed by atoms with van der Waals surface area (Å²) in [5, 5.41) is 2.85. The van der Waals surface area contributed by atoms with Crippen LogP contribution in [0.25, 0.3) is 0 Å². The summed E-state index contributed by atoms with van der Waals surface area (Å²) in [6.45, 7) is 2.15. The molecule has 1 amide bonds. The minimum Gasteiger partial charge on any atom is -0.325 e. The molecule has 2 N–H and O–H groups in total. The van der Waals surface area contributed by atoms with Crippen LogP contribution in [0.4, 0.5) is 5.69 Å². The number of carbonyl (C=O) groups is 1. The van der Waals surface area contributed by atoms with Crippen molar-refractivity contribution in [3.05, 3.63) is 96.1 Å². The molecule has 0 fully saturated rings. The van der Waals surface area contributed by atoms with Crippen LogP contribution in [-0.4, -0.2) is 20.4 Å². The summed E-state index contributed by atoms with van der Waals surface area (Å²) in [7, 11) is -3.84. The van der Waals surface area contributed by atoms with Gasteiger partial charge in [-0.05, 0) is 54.7 Å². The maximum Gasteiger partial charge on any atom is 0.242 e. The molecule has 3 aromatic carbocycles. The fourth-order valence-electron chi connectivity index (χ4n) is 3.26. The third-order valence-electron chi connectivity index (χ3n) is 4.99. The number of unbranched alkanes of at least 4 members (excludes halogenated alkanes) is 1. The van der Waals surface area contributed by atoms with Crippen LogP contribution < -0.4 is 10.0 Å². The molecule has 0 aliphatic rings. The highest BCUT2D eigenvalue weighted by Crippen LogP contribution is 2.15. The first-order valence-electron chi connectivity index (χ1n) is 10.5. The molecule has 3 aromatic rings. The van der Waals surface area contributed by atoms with E-state index in [-0.39, 0.29) is 11.3 Å². The second kappa shape index (κ2) is 10.9. The SMILES string of the molecule is CCCCc1ccc(NC(=O)[C@H](Cc2ccccc2)NS(=O)(=O)c2ccccc2)cc1. The van der Waals surface area contributed by atoms with Gasteiger partial charge in [0.25, 0.3) is 0 Å². The van der Waals surface area contributed by atoms with Crippen molar-refractivity contribution in [1.82, 2.24) is 4.72 Å². The van der Waals surface area contributed by atoms with Crippen LogP contribution in [0.3, 0.4) is 0 Å². The van der Waals surface area contributed by atoms with Gasteiger partial charge in [-0.15, -0.1) is 0 Å². The molecule has 0 radical (unpaired) electrons. The largest absolute Gasteiger partial charge is 0.325 e. The van der Waals surface area contributed by atoms with E-state index in [4.69, 9.17) is 0 Å². The standard InChI is InChI=1S/C25H28N2O3S/c1-2-3-10-20-15-17-22(18-16-20)26-25(28)24(19-21-11-6-4-7-12-21)27-31(29,30)23-13-8-5-9-14-23/h4-9,11-18,24,27H,2-3,10,19H2,1H3,(H,26,28)/t24-/m0/s1. The Morgan fingerprint density at radius 2 is 1.45 bits per heavy atom. The summed E-state index contributed by atoms with van der Waals surface area (Å²) in [5.41, 5.74) is 2.72.